The number of carbonyl (C=O) groups is 3. The van der Waals surface area contributed by atoms with Crippen LogP contribution in [0.1, 0.15) is 51.6 Å². The quantitative estimate of drug-likeness (QED) is 0.460. The van der Waals surface area contributed by atoms with Crippen molar-refractivity contribution in [2.45, 2.75) is 58.2 Å². The van der Waals surface area contributed by atoms with Crippen LogP contribution in [0.4, 0.5) is 0 Å². The minimum Gasteiger partial charge on any atom is -0.348 e. The highest BCUT2D eigenvalue weighted by Crippen LogP contribution is 2.20. The van der Waals surface area contributed by atoms with Gasteiger partial charge in [0.05, 0.1) is 12.1 Å². The first-order valence-electron chi connectivity index (χ1n) is 11.4. The number of likely N-dealkylation sites (tertiary alicyclic amines) is 1. The maximum Gasteiger partial charge on any atom is 0.243 e. The molecule has 1 aromatic carbocycles. The van der Waals surface area contributed by atoms with E-state index >= 15 is 0 Å². The van der Waals surface area contributed by atoms with Crippen LogP contribution in [0.5, 0.6) is 0 Å². The van der Waals surface area contributed by atoms with Crippen LogP contribution in [-0.2, 0) is 14.4 Å². The third kappa shape index (κ3) is 8.83. The molecule has 0 spiro atoms. The molecule has 1 aliphatic rings. The van der Waals surface area contributed by atoms with E-state index in [9.17, 15) is 14.4 Å². The van der Waals surface area contributed by atoms with Gasteiger partial charge in [-0.05, 0) is 49.7 Å². The third-order valence-electron chi connectivity index (χ3n) is 6.03. The van der Waals surface area contributed by atoms with Crippen LogP contribution < -0.4 is 16.4 Å². The molecule has 0 saturated carbocycles. The topological polar surface area (TPSA) is 105 Å². The van der Waals surface area contributed by atoms with Gasteiger partial charge in [-0.3, -0.25) is 14.4 Å². The smallest absolute Gasteiger partial charge is 0.243 e. The van der Waals surface area contributed by atoms with Crippen LogP contribution in [0.2, 0.25) is 0 Å². The van der Waals surface area contributed by atoms with Gasteiger partial charge in [0, 0.05) is 19.0 Å². The van der Waals surface area contributed by atoms with Gasteiger partial charge in [0.15, 0.2) is 0 Å². The molecule has 0 bridgehead atoms. The Kier molecular flexibility index (Phi) is 12.8. The average molecular weight is 499 g/mol. The number of hydrogen-bond donors (Lipinski definition) is 3. The molecule has 0 aromatic heterocycles. The fraction of sp³-hybridized carbons (Fsp3) is 0.625. The van der Waals surface area contributed by atoms with Crippen LogP contribution >= 0.6 is 24.2 Å². The third-order valence-corrected chi connectivity index (χ3v) is 6.68. The molecular weight excluding hydrogens is 460 g/mol. The van der Waals surface area contributed by atoms with Crippen molar-refractivity contribution in [3.63, 3.8) is 0 Å². The summed E-state index contributed by atoms with van der Waals surface area (Å²) in [6.07, 6.45) is 3.82. The fourth-order valence-corrected chi connectivity index (χ4v) is 4.39. The van der Waals surface area contributed by atoms with Crippen LogP contribution in [0.25, 0.3) is 0 Å². The standard InChI is InChI=1S/C24H38N4O3S.ClH/c1-16(2)21(23(30)26-17(3)18-8-6-5-7-9-18)27-22(29)19-10-13-28(14-11-19)24(31)20(25)12-15-32-4;/h5-9,16-17,19-21H,10-15,25H2,1-4H3,(H,26,30)(H,27,29);1H/t17?,20-,21-;/m0./s1. The molecule has 1 aromatic rings. The normalized spacial score (nSPS) is 17.0. The van der Waals surface area contributed by atoms with E-state index < -0.39 is 12.1 Å². The summed E-state index contributed by atoms with van der Waals surface area (Å²) in [6.45, 7) is 6.83. The minimum atomic E-state index is -0.603. The van der Waals surface area contributed by atoms with Crippen LogP contribution in [0, 0.1) is 11.8 Å². The summed E-state index contributed by atoms with van der Waals surface area (Å²) in [4.78, 5) is 40.1. The second kappa shape index (κ2) is 14.5. The van der Waals surface area contributed by atoms with E-state index in [2.05, 4.69) is 10.6 Å². The van der Waals surface area contributed by atoms with E-state index in [1.807, 2.05) is 57.4 Å². The van der Waals surface area contributed by atoms with Gasteiger partial charge in [0.1, 0.15) is 6.04 Å². The summed E-state index contributed by atoms with van der Waals surface area (Å²) in [5.74, 6) is 0.266. The highest BCUT2D eigenvalue weighted by molar-refractivity contribution is 7.98. The summed E-state index contributed by atoms with van der Waals surface area (Å²) in [6, 6.07) is 8.52. The molecule has 0 radical (unpaired) electrons. The van der Waals surface area contributed by atoms with E-state index in [-0.39, 0.29) is 48.0 Å². The molecule has 3 atom stereocenters. The summed E-state index contributed by atoms with van der Waals surface area (Å²) < 4.78 is 0. The highest BCUT2D eigenvalue weighted by atomic mass is 35.5. The van der Waals surface area contributed by atoms with Crippen LogP contribution in [-0.4, -0.2) is 59.8 Å². The van der Waals surface area contributed by atoms with Crippen molar-refractivity contribution < 1.29 is 14.4 Å². The summed E-state index contributed by atoms with van der Waals surface area (Å²) >= 11 is 1.67. The highest BCUT2D eigenvalue weighted by Gasteiger charge is 2.32. The molecule has 1 aliphatic heterocycles. The Balaban J connectivity index is 0.00000544. The number of thioether (sulfide) groups is 1. The molecule has 0 aliphatic carbocycles. The first-order valence-corrected chi connectivity index (χ1v) is 12.8. The molecule has 1 heterocycles. The largest absolute Gasteiger partial charge is 0.348 e. The Hall–Kier alpha value is -1.77. The summed E-state index contributed by atoms with van der Waals surface area (Å²) in [5, 5.41) is 5.97. The Morgan fingerprint density at radius 2 is 1.70 bits per heavy atom. The molecule has 7 nitrogen and oxygen atoms in total. The minimum absolute atomic E-state index is 0. The zero-order valence-electron chi connectivity index (χ0n) is 20.1. The zero-order valence-corrected chi connectivity index (χ0v) is 21.7. The molecule has 3 amide bonds. The van der Waals surface area contributed by atoms with Gasteiger partial charge < -0.3 is 21.3 Å². The number of piperidine rings is 1. The number of benzene rings is 1. The molecule has 9 heteroatoms. The summed E-state index contributed by atoms with van der Waals surface area (Å²) in [5.41, 5.74) is 7.03. The van der Waals surface area contributed by atoms with Gasteiger partial charge >= 0.3 is 0 Å². The lowest BCUT2D eigenvalue weighted by Crippen LogP contribution is -2.53. The second-order valence-electron chi connectivity index (χ2n) is 8.86. The number of rotatable bonds is 10. The van der Waals surface area contributed by atoms with Crippen LogP contribution in [0.3, 0.4) is 0 Å². The van der Waals surface area contributed by atoms with Crippen molar-refractivity contribution in [3.8, 4) is 0 Å². The van der Waals surface area contributed by atoms with Crippen LogP contribution in [0.15, 0.2) is 30.3 Å². The van der Waals surface area contributed by atoms with Crippen molar-refractivity contribution in [2.24, 2.45) is 17.6 Å². The van der Waals surface area contributed by atoms with Gasteiger partial charge in [0.2, 0.25) is 17.7 Å². The Labute approximate surface area is 208 Å². The Morgan fingerprint density at radius 3 is 2.24 bits per heavy atom. The maximum absolute atomic E-state index is 12.9. The molecular formula is C24H39ClN4O3S. The number of halogens is 1. The van der Waals surface area contributed by atoms with Gasteiger partial charge in [-0.2, -0.15) is 11.8 Å². The van der Waals surface area contributed by atoms with Crippen molar-refractivity contribution in [1.82, 2.24) is 15.5 Å². The first-order chi connectivity index (χ1) is 15.2. The van der Waals surface area contributed by atoms with Gasteiger partial charge in [-0.1, -0.05) is 44.2 Å². The predicted molar refractivity (Wildman–Crippen MR) is 137 cm³/mol. The molecule has 2 rings (SSSR count). The fourth-order valence-electron chi connectivity index (χ4n) is 3.90. The number of carbonyl (C=O) groups excluding carboxylic acids is 3. The van der Waals surface area contributed by atoms with E-state index in [0.29, 0.717) is 32.4 Å². The van der Waals surface area contributed by atoms with Gasteiger partial charge in [0.25, 0.3) is 0 Å². The molecule has 186 valence electrons. The maximum atomic E-state index is 12.9. The average Bonchev–Trinajstić information content (AvgIpc) is 2.80. The lowest BCUT2D eigenvalue weighted by Gasteiger charge is -2.34. The van der Waals surface area contributed by atoms with Crippen molar-refractivity contribution >= 4 is 41.9 Å². The predicted octanol–water partition coefficient (Wildman–Crippen LogP) is 2.75. The molecule has 33 heavy (non-hydrogen) atoms. The number of hydrogen-bond acceptors (Lipinski definition) is 5. The van der Waals surface area contributed by atoms with E-state index in [0.717, 1.165) is 11.3 Å². The van der Waals surface area contributed by atoms with Crippen molar-refractivity contribution in [1.29, 1.82) is 0 Å². The van der Waals surface area contributed by atoms with E-state index in [1.165, 1.54) is 0 Å². The zero-order chi connectivity index (χ0) is 23.7. The summed E-state index contributed by atoms with van der Waals surface area (Å²) in [7, 11) is 0. The first kappa shape index (κ1) is 29.3. The number of nitrogens with one attached hydrogen (secondary N) is 2. The number of nitrogens with two attached hydrogens (primary N) is 1. The molecule has 1 fully saturated rings. The van der Waals surface area contributed by atoms with E-state index in [1.54, 1.807) is 16.7 Å². The van der Waals surface area contributed by atoms with Crippen molar-refractivity contribution in [2.75, 3.05) is 25.1 Å². The van der Waals surface area contributed by atoms with Gasteiger partial charge in [-0.15, -0.1) is 12.4 Å². The Bertz CT molecular complexity index is 757. The lowest BCUT2D eigenvalue weighted by molar-refractivity contribution is -0.137. The lowest BCUT2D eigenvalue weighted by atomic mass is 9.93. The van der Waals surface area contributed by atoms with Gasteiger partial charge in [-0.25, -0.2) is 0 Å². The molecule has 1 saturated heterocycles. The van der Waals surface area contributed by atoms with Crippen molar-refractivity contribution in [3.05, 3.63) is 35.9 Å². The van der Waals surface area contributed by atoms with E-state index in [4.69, 9.17) is 5.73 Å². The molecule has 4 N–H and O–H groups in total. The Morgan fingerprint density at radius 1 is 1.09 bits per heavy atom. The second-order valence-corrected chi connectivity index (χ2v) is 9.84. The SMILES string of the molecule is CSCC[C@H](N)C(=O)N1CCC(C(=O)N[C@H](C(=O)NC(C)c2ccccc2)C(C)C)CC1.Cl. The number of amides is 3. The number of nitrogens with zero attached hydrogens (tertiary/aromatic N) is 1. The monoisotopic (exact) mass is 498 g/mol. The molecule has 1 unspecified atom stereocenters.